The number of nitrogens with one attached hydrogen (secondary N) is 1. The molecule has 0 bridgehead atoms. The molecular formula is C20H21NO3S. The van der Waals surface area contributed by atoms with Gasteiger partial charge in [0.2, 0.25) is 0 Å². The van der Waals surface area contributed by atoms with E-state index in [4.69, 9.17) is 4.42 Å². The number of hydrogen-bond acceptors (Lipinski definition) is 4. The van der Waals surface area contributed by atoms with E-state index >= 15 is 0 Å². The summed E-state index contributed by atoms with van der Waals surface area (Å²) in [5, 5.41) is 4.54. The number of benzene rings is 1. The van der Waals surface area contributed by atoms with Crippen LogP contribution in [0.25, 0.3) is 21.1 Å². The van der Waals surface area contributed by atoms with Crippen molar-refractivity contribution >= 4 is 38.3 Å². The summed E-state index contributed by atoms with van der Waals surface area (Å²) in [7, 11) is 0. The zero-order valence-electron chi connectivity index (χ0n) is 14.3. The van der Waals surface area contributed by atoms with E-state index in [1.165, 1.54) is 37.0 Å². The Kier molecular flexibility index (Phi) is 4.34. The molecule has 1 fully saturated rings. The van der Waals surface area contributed by atoms with Crippen LogP contribution in [0.2, 0.25) is 0 Å². The van der Waals surface area contributed by atoms with Crippen LogP contribution in [-0.2, 0) is 0 Å². The molecule has 0 radical (unpaired) electrons. The highest BCUT2D eigenvalue weighted by Crippen LogP contribution is 2.31. The van der Waals surface area contributed by atoms with Crippen molar-refractivity contribution in [3.05, 3.63) is 45.1 Å². The maximum Gasteiger partial charge on any atom is 0.345 e. The largest absolute Gasteiger partial charge is 0.422 e. The fourth-order valence-electron chi connectivity index (χ4n) is 3.60. The van der Waals surface area contributed by atoms with Gasteiger partial charge in [0.25, 0.3) is 5.91 Å². The first-order valence-electron chi connectivity index (χ1n) is 8.90. The molecule has 4 nitrogen and oxygen atoms in total. The van der Waals surface area contributed by atoms with Gasteiger partial charge >= 0.3 is 5.63 Å². The second-order valence-corrected chi connectivity index (χ2v) is 7.96. The molecule has 1 N–H and O–H groups in total. The molecule has 5 heteroatoms. The van der Waals surface area contributed by atoms with Crippen LogP contribution in [0.15, 0.2) is 33.5 Å². The Morgan fingerprint density at radius 3 is 2.64 bits per heavy atom. The van der Waals surface area contributed by atoms with E-state index in [1.54, 1.807) is 6.07 Å². The second-order valence-electron chi connectivity index (χ2n) is 6.90. The number of rotatable bonds is 2. The van der Waals surface area contributed by atoms with E-state index in [-0.39, 0.29) is 17.6 Å². The molecule has 0 unspecified atom stereocenters. The standard InChI is InChI=1S/C20H21NO3S/c1-12-8-9-16-14(10-12)18-15(20(23)24-16)11-17(25-18)19(22)21-13-6-4-2-3-5-7-13/h8-11,13H,2-7H2,1H3,(H,21,22). The van der Waals surface area contributed by atoms with Gasteiger partial charge in [0.15, 0.2) is 0 Å². The van der Waals surface area contributed by atoms with Crippen LogP contribution in [0.1, 0.15) is 53.8 Å². The van der Waals surface area contributed by atoms with Gasteiger partial charge in [0.05, 0.1) is 15.0 Å². The Balaban J connectivity index is 1.71. The number of carbonyl (C=O) groups excluding carboxylic acids is 1. The van der Waals surface area contributed by atoms with Crippen molar-refractivity contribution in [1.29, 1.82) is 0 Å². The van der Waals surface area contributed by atoms with Gasteiger partial charge in [-0.1, -0.05) is 37.3 Å². The normalized spacial score (nSPS) is 16.2. The molecule has 2 aromatic heterocycles. The minimum atomic E-state index is -0.379. The van der Waals surface area contributed by atoms with Gasteiger partial charge in [-0.3, -0.25) is 4.79 Å². The molecule has 1 aromatic carbocycles. The lowest BCUT2D eigenvalue weighted by Crippen LogP contribution is -2.33. The van der Waals surface area contributed by atoms with Crippen molar-refractivity contribution in [2.45, 2.75) is 51.5 Å². The summed E-state index contributed by atoms with van der Waals surface area (Å²) >= 11 is 1.38. The summed E-state index contributed by atoms with van der Waals surface area (Å²) < 4.78 is 6.24. The molecule has 3 aromatic rings. The average molecular weight is 355 g/mol. The van der Waals surface area contributed by atoms with Gasteiger partial charge in [0, 0.05) is 11.4 Å². The molecule has 0 saturated heterocycles. The topological polar surface area (TPSA) is 59.3 Å². The van der Waals surface area contributed by atoms with Crippen LogP contribution in [0.3, 0.4) is 0 Å². The first kappa shape index (κ1) is 16.3. The van der Waals surface area contributed by atoms with Crippen molar-refractivity contribution in [3.8, 4) is 0 Å². The van der Waals surface area contributed by atoms with Crippen LogP contribution < -0.4 is 10.9 Å². The average Bonchev–Trinajstić information content (AvgIpc) is 2.90. The summed E-state index contributed by atoms with van der Waals surface area (Å²) in [6.07, 6.45) is 6.93. The number of hydrogen-bond donors (Lipinski definition) is 1. The Hall–Kier alpha value is -2.14. The SMILES string of the molecule is Cc1ccc2oc(=O)c3cc(C(=O)NC4CCCCCC4)sc3c2c1. The molecule has 4 rings (SSSR count). The number of thiophene rings is 1. The Bertz CT molecular complexity index is 993. The molecular weight excluding hydrogens is 334 g/mol. The van der Waals surface area contributed by atoms with Gasteiger partial charge in [-0.25, -0.2) is 4.79 Å². The molecule has 25 heavy (non-hydrogen) atoms. The minimum Gasteiger partial charge on any atom is -0.422 e. The highest BCUT2D eigenvalue weighted by atomic mass is 32.1. The van der Waals surface area contributed by atoms with Crippen molar-refractivity contribution < 1.29 is 9.21 Å². The van der Waals surface area contributed by atoms with Crippen molar-refractivity contribution in [2.75, 3.05) is 0 Å². The summed E-state index contributed by atoms with van der Waals surface area (Å²) in [4.78, 5) is 25.5. The lowest BCUT2D eigenvalue weighted by atomic mass is 10.1. The molecule has 1 saturated carbocycles. The third kappa shape index (κ3) is 3.21. The maximum absolute atomic E-state index is 12.7. The molecule has 0 spiro atoms. The molecule has 1 aliphatic carbocycles. The first-order valence-corrected chi connectivity index (χ1v) is 9.71. The molecule has 1 aliphatic rings. The molecule has 130 valence electrons. The van der Waals surface area contributed by atoms with Crippen LogP contribution in [-0.4, -0.2) is 11.9 Å². The smallest absolute Gasteiger partial charge is 0.345 e. The van der Waals surface area contributed by atoms with Gasteiger partial charge in [-0.2, -0.15) is 0 Å². The Labute approximate surface area is 149 Å². The van der Waals surface area contributed by atoms with E-state index in [0.29, 0.717) is 15.8 Å². The summed E-state index contributed by atoms with van der Waals surface area (Å²) in [5.74, 6) is -0.0756. The van der Waals surface area contributed by atoms with E-state index in [1.807, 2.05) is 25.1 Å². The van der Waals surface area contributed by atoms with Gasteiger partial charge in [0.1, 0.15) is 5.58 Å². The Morgan fingerprint density at radius 1 is 1.12 bits per heavy atom. The second kappa shape index (κ2) is 6.64. The molecule has 2 heterocycles. The first-order chi connectivity index (χ1) is 12.1. The van der Waals surface area contributed by atoms with E-state index in [9.17, 15) is 9.59 Å². The predicted octanol–water partition coefficient (Wildman–Crippen LogP) is 4.77. The van der Waals surface area contributed by atoms with E-state index in [0.717, 1.165) is 28.5 Å². The summed E-state index contributed by atoms with van der Waals surface area (Å²) in [6.45, 7) is 2.00. The monoisotopic (exact) mass is 355 g/mol. The third-order valence-corrected chi connectivity index (χ3v) is 6.12. The summed E-state index contributed by atoms with van der Waals surface area (Å²) in [6, 6.07) is 7.67. The van der Waals surface area contributed by atoms with Gasteiger partial charge in [-0.05, 0) is 38.0 Å². The number of carbonyl (C=O) groups is 1. The quantitative estimate of drug-likeness (QED) is 0.532. The van der Waals surface area contributed by atoms with Gasteiger partial charge < -0.3 is 9.73 Å². The van der Waals surface area contributed by atoms with E-state index < -0.39 is 0 Å². The fourth-order valence-corrected chi connectivity index (χ4v) is 4.67. The predicted molar refractivity (Wildman–Crippen MR) is 102 cm³/mol. The fraction of sp³-hybridized carbons (Fsp3) is 0.400. The van der Waals surface area contributed by atoms with Gasteiger partial charge in [-0.15, -0.1) is 11.3 Å². The highest BCUT2D eigenvalue weighted by Gasteiger charge is 2.19. The van der Waals surface area contributed by atoms with E-state index in [2.05, 4.69) is 5.32 Å². The summed E-state index contributed by atoms with van der Waals surface area (Å²) in [5.41, 5.74) is 1.29. The number of fused-ring (bicyclic) bond motifs is 3. The molecule has 1 amide bonds. The zero-order chi connectivity index (χ0) is 17.4. The Morgan fingerprint density at radius 2 is 1.88 bits per heavy atom. The molecule has 0 atom stereocenters. The molecule has 0 aliphatic heterocycles. The van der Waals surface area contributed by atoms with Crippen LogP contribution >= 0.6 is 11.3 Å². The maximum atomic E-state index is 12.7. The van der Waals surface area contributed by atoms with Crippen LogP contribution in [0, 0.1) is 6.92 Å². The highest BCUT2D eigenvalue weighted by molar-refractivity contribution is 7.21. The number of aryl methyl sites for hydroxylation is 1. The lowest BCUT2D eigenvalue weighted by Gasteiger charge is -2.15. The third-order valence-electron chi connectivity index (χ3n) is 4.95. The number of amides is 1. The van der Waals surface area contributed by atoms with Crippen LogP contribution in [0.5, 0.6) is 0 Å². The van der Waals surface area contributed by atoms with Crippen molar-refractivity contribution in [1.82, 2.24) is 5.32 Å². The van der Waals surface area contributed by atoms with Crippen LogP contribution in [0.4, 0.5) is 0 Å². The van der Waals surface area contributed by atoms with Crippen molar-refractivity contribution in [2.24, 2.45) is 0 Å². The van der Waals surface area contributed by atoms with Crippen molar-refractivity contribution in [3.63, 3.8) is 0 Å². The lowest BCUT2D eigenvalue weighted by molar-refractivity contribution is 0.0937. The zero-order valence-corrected chi connectivity index (χ0v) is 15.1. The minimum absolute atomic E-state index is 0.0756.